The van der Waals surface area contributed by atoms with E-state index >= 15 is 0 Å². The van der Waals surface area contributed by atoms with Crippen molar-refractivity contribution in [3.05, 3.63) is 0 Å². The number of aromatic nitrogens is 5. The van der Waals surface area contributed by atoms with Crippen LogP contribution in [0.3, 0.4) is 0 Å². The monoisotopic (exact) mass is 286 g/mol. The first-order chi connectivity index (χ1) is 9.09. The third-order valence-electron chi connectivity index (χ3n) is 2.89. The number of halogens is 2. The maximum atomic E-state index is 13.3. The third kappa shape index (κ3) is 2.34. The molecule has 1 aliphatic heterocycles. The number of nitrogens with one attached hydrogen (secondary N) is 1. The minimum atomic E-state index is -2.67. The van der Waals surface area contributed by atoms with Gasteiger partial charge in [0.15, 0.2) is 16.5 Å². The zero-order chi connectivity index (χ0) is 13.5. The number of alkyl halides is 2. The molecule has 3 heterocycles. The fourth-order valence-corrected chi connectivity index (χ4v) is 2.60. The van der Waals surface area contributed by atoms with E-state index in [9.17, 15) is 8.78 Å². The van der Waals surface area contributed by atoms with Crippen molar-refractivity contribution in [1.82, 2.24) is 25.4 Å². The Morgan fingerprint density at radius 3 is 2.89 bits per heavy atom. The molecule has 102 valence electrons. The Morgan fingerprint density at radius 2 is 2.21 bits per heavy atom. The molecular weight excluding hydrogens is 274 g/mol. The van der Waals surface area contributed by atoms with Gasteiger partial charge in [-0.25, -0.2) is 13.8 Å². The molecule has 0 aliphatic carbocycles. The van der Waals surface area contributed by atoms with E-state index in [0.29, 0.717) is 22.1 Å². The summed E-state index contributed by atoms with van der Waals surface area (Å²) in [6.07, 6.45) is -0.160. The zero-order valence-electron chi connectivity index (χ0n) is 10.2. The Labute approximate surface area is 112 Å². The van der Waals surface area contributed by atoms with Gasteiger partial charge in [-0.3, -0.25) is 0 Å². The highest BCUT2D eigenvalue weighted by atomic mass is 32.2. The predicted octanol–water partition coefficient (Wildman–Crippen LogP) is 1.71. The zero-order valence-corrected chi connectivity index (χ0v) is 11.0. The minimum Gasteiger partial charge on any atom is -0.348 e. The molecule has 0 bridgehead atoms. The molecule has 9 heteroatoms. The second-order valence-electron chi connectivity index (χ2n) is 4.29. The highest BCUT2D eigenvalue weighted by Gasteiger charge is 2.39. The molecule has 2 aromatic rings. The van der Waals surface area contributed by atoms with Crippen LogP contribution in [0.4, 0.5) is 14.6 Å². The lowest BCUT2D eigenvalue weighted by Gasteiger charge is -2.17. The average molecular weight is 286 g/mol. The van der Waals surface area contributed by atoms with Crippen LogP contribution in [0.5, 0.6) is 0 Å². The van der Waals surface area contributed by atoms with Crippen LogP contribution in [-0.4, -0.2) is 50.1 Å². The van der Waals surface area contributed by atoms with Crippen molar-refractivity contribution in [2.45, 2.75) is 24.4 Å². The lowest BCUT2D eigenvalue weighted by molar-refractivity contribution is 0.0257. The molecule has 6 nitrogen and oxygen atoms in total. The number of thioether (sulfide) groups is 1. The first-order valence-corrected chi connectivity index (χ1v) is 6.92. The number of hydrogen-bond donors (Lipinski definition) is 1. The predicted molar refractivity (Wildman–Crippen MR) is 67.7 cm³/mol. The summed E-state index contributed by atoms with van der Waals surface area (Å²) >= 11 is 1.45. The van der Waals surface area contributed by atoms with E-state index in [4.69, 9.17) is 0 Å². The van der Waals surface area contributed by atoms with Crippen molar-refractivity contribution in [2.24, 2.45) is 0 Å². The van der Waals surface area contributed by atoms with Crippen molar-refractivity contribution in [2.75, 3.05) is 23.7 Å². The van der Waals surface area contributed by atoms with E-state index in [1.54, 1.807) is 4.90 Å². The van der Waals surface area contributed by atoms with Crippen LogP contribution in [0.1, 0.15) is 13.3 Å². The molecule has 19 heavy (non-hydrogen) atoms. The van der Waals surface area contributed by atoms with Gasteiger partial charge >= 0.3 is 0 Å². The van der Waals surface area contributed by atoms with Gasteiger partial charge in [0, 0.05) is 13.0 Å². The van der Waals surface area contributed by atoms with E-state index in [1.807, 2.05) is 6.92 Å². The summed E-state index contributed by atoms with van der Waals surface area (Å²) in [4.78, 5) is 10.1. The van der Waals surface area contributed by atoms with E-state index in [-0.39, 0.29) is 19.5 Å². The summed E-state index contributed by atoms with van der Waals surface area (Å²) in [5, 5.41) is 10.9. The van der Waals surface area contributed by atoms with Crippen LogP contribution in [0.15, 0.2) is 5.16 Å². The lowest BCUT2D eigenvalue weighted by Crippen LogP contribution is -2.26. The molecule has 3 rings (SSSR count). The number of H-pyrrole nitrogens is 1. The fourth-order valence-electron chi connectivity index (χ4n) is 2.04. The maximum absolute atomic E-state index is 13.3. The number of rotatable bonds is 3. The second-order valence-corrected chi connectivity index (χ2v) is 5.52. The van der Waals surface area contributed by atoms with Crippen molar-refractivity contribution >= 4 is 28.7 Å². The quantitative estimate of drug-likeness (QED) is 0.684. The summed E-state index contributed by atoms with van der Waals surface area (Å²) in [5.41, 5.74) is 0.856. The molecule has 0 unspecified atom stereocenters. The van der Waals surface area contributed by atoms with Gasteiger partial charge < -0.3 is 4.90 Å². The molecular formula is C10H12F2N6S. The van der Waals surface area contributed by atoms with E-state index < -0.39 is 5.92 Å². The van der Waals surface area contributed by atoms with Gasteiger partial charge in [-0.15, -0.1) is 5.10 Å². The van der Waals surface area contributed by atoms with Crippen molar-refractivity contribution in [3.8, 4) is 0 Å². The number of hydrogen-bond acceptors (Lipinski definition) is 6. The van der Waals surface area contributed by atoms with Crippen molar-refractivity contribution < 1.29 is 8.78 Å². The highest BCUT2D eigenvalue weighted by Crippen LogP contribution is 2.33. The van der Waals surface area contributed by atoms with Crippen molar-refractivity contribution in [3.63, 3.8) is 0 Å². The highest BCUT2D eigenvalue weighted by molar-refractivity contribution is 7.99. The van der Waals surface area contributed by atoms with E-state index in [2.05, 4.69) is 25.4 Å². The number of fused-ring (bicyclic) bond motifs is 1. The van der Waals surface area contributed by atoms with Crippen LogP contribution >= 0.6 is 11.8 Å². The SMILES string of the molecule is CCSc1nc(N2CCC(F)(F)C2)c2n[nH]nc2n1. The minimum absolute atomic E-state index is 0.160. The summed E-state index contributed by atoms with van der Waals surface area (Å²) in [7, 11) is 0. The smallest absolute Gasteiger partial charge is 0.266 e. The molecule has 0 saturated carbocycles. The molecule has 0 amide bonds. The first kappa shape index (κ1) is 12.5. The van der Waals surface area contributed by atoms with Crippen LogP contribution in [0.25, 0.3) is 11.2 Å². The number of nitrogens with zero attached hydrogens (tertiary/aromatic N) is 5. The summed E-state index contributed by atoms with van der Waals surface area (Å²) in [6.45, 7) is 1.91. The maximum Gasteiger partial charge on any atom is 0.266 e. The van der Waals surface area contributed by atoms with Crippen molar-refractivity contribution in [1.29, 1.82) is 0 Å². The molecule has 2 aromatic heterocycles. The molecule has 1 fully saturated rings. The van der Waals surface area contributed by atoms with Gasteiger partial charge in [-0.05, 0) is 5.75 Å². The second kappa shape index (κ2) is 4.55. The molecule has 1 aliphatic rings. The van der Waals surface area contributed by atoms with Gasteiger partial charge in [-0.1, -0.05) is 18.7 Å². The van der Waals surface area contributed by atoms with Crippen LogP contribution in [0.2, 0.25) is 0 Å². The van der Waals surface area contributed by atoms with Crippen LogP contribution in [0, 0.1) is 0 Å². The Morgan fingerprint density at radius 1 is 1.37 bits per heavy atom. The largest absolute Gasteiger partial charge is 0.348 e. The van der Waals surface area contributed by atoms with Gasteiger partial charge in [0.1, 0.15) is 0 Å². The number of aromatic amines is 1. The Hall–Kier alpha value is -1.51. The Balaban J connectivity index is 2.03. The van der Waals surface area contributed by atoms with Crippen LogP contribution < -0.4 is 4.90 Å². The molecule has 1 N–H and O–H groups in total. The standard InChI is InChI=1S/C10H12F2N6S/c1-2-19-9-13-7-6(15-17-16-7)8(14-9)18-4-3-10(11,12)5-18/h2-5H2,1H3,(H,13,14,15,16,17). The Bertz CT molecular complexity index is 601. The Kier molecular flexibility index (Phi) is 3.00. The fraction of sp³-hybridized carbons (Fsp3) is 0.600. The third-order valence-corrected chi connectivity index (χ3v) is 3.62. The number of anilines is 1. The molecule has 1 saturated heterocycles. The van der Waals surface area contributed by atoms with Crippen LogP contribution in [-0.2, 0) is 0 Å². The average Bonchev–Trinajstić information content (AvgIpc) is 2.94. The summed E-state index contributed by atoms with van der Waals surface area (Å²) in [6, 6.07) is 0. The molecule has 0 spiro atoms. The van der Waals surface area contributed by atoms with Gasteiger partial charge in [0.25, 0.3) is 5.92 Å². The van der Waals surface area contributed by atoms with E-state index in [1.165, 1.54) is 11.8 Å². The lowest BCUT2D eigenvalue weighted by atomic mass is 10.3. The van der Waals surface area contributed by atoms with Gasteiger partial charge in [0.2, 0.25) is 5.65 Å². The summed E-state index contributed by atoms with van der Waals surface area (Å²) in [5.74, 6) is -1.43. The van der Waals surface area contributed by atoms with E-state index in [0.717, 1.165) is 5.75 Å². The summed E-state index contributed by atoms with van der Waals surface area (Å²) < 4.78 is 26.6. The van der Waals surface area contributed by atoms with Gasteiger partial charge in [0.05, 0.1) is 6.54 Å². The normalized spacial score (nSPS) is 18.4. The topological polar surface area (TPSA) is 70.6 Å². The molecule has 0 aromatic carbocycles. The molecule has 0 atom stereocenters. The first-order valence-electron chi connectivity index (χ1n) is 5.93. The molecule has 0 radical (unpaired) electrons. The van der Waals surface area contributed by atoms with Gasteiger partial charge in [-0.2, -0.15) is 15.3 Å².